The number of allylic oxidation sites excluding steroid dienone is 2. The zero-order valence-electron chi connectivity index (χ0n) is 12.5. The molecule has 5 nitrogen and oxygen atoms in total. The summed E-state index contributed by atoms with van der Waals surface area (Å²) >= 11 is 0. The van der Waals surface area contributed by atoms with Crippen LogP contribution in [0.4, 0.5) is 0 Å². The van der Waals surface area contributed by atoms with Crippen LogP contribution >= 0.6 is 0 Å². The lowest BCUT2D eigenvalue weighted by molar-refractivity contribution is -0.145. The van der Waals surface area contributed by atoms with Gasteiger partial charge in [-0.25, -0.2) is 4.79 Å². The Labute approximate surface area is 128 Å². The Balaban J connectivity index is 1.33. The average Bonchev–Trinajstić information content (AvgIpc) is 3.03. The van der Waals surface area contributed by atoms with Crippen molar-refractivity contribution in [1.29, 1.82) is 0 Å². The summed E-state index contributed by atoms with van der Waals surface area (Å²) in [5, 5.41) is 0. The number of likely N-dealkylation sites (tertiary alicyclic amines) is 1. The molecule has 5 heteroatoms. The maximum Gasteiger partial charge on any atom is 0.339 e. The van der Waals surface area contributed by atoms with Gasteiger partial charge in [-0.2, -0.15) is 0 Å². The van der Waals surface area contributed by atoms with Crippen molar-refractivity contribution in [3.05, 3.63) is 40.5 Å². The summed E-state index contributed by atoms with van der Waals surface area (Å²) in [6.45, 7) is 2.93. The third kappa shape index (κ3) is 2.34. The van der Waals surface area contributed by atoms with Gasteiger partial charge in [0.2, 0.25) is 5.91 Å². The molecule has 4 rings (SSSR count). The van der Waals surface area contributed by atoms with Gasteiger partial charge in [-0.05, 0) is 31.6 Å². The molecule has 0 spiro atoms. The quantitative estimate of drug-likeness (QED) is 0.798. The van der Waals surface area contributed by atoms with E-state index >= 15 is 0 Å². The highest BCUT2D eigenvalue weighted by Crippen LogP contribution is 2.44. The predicted molar refractivity (Wildman–Crippen MR) is 79.6 cm³/mol. The van der Waals surface area contributed by atoms with Gasteiger partial charge in [0.15, 0.2) is 0 Å². The van der Waals surface area contributed by atoms with Crippen LogP contribution in [0.5, 0.6) is 5.75 Å². The predicted octanol–water partition coefficient (Wildman–Crippen LogP) is 1.75. The molecule has 0 aromatic carbocycles. The van der Waals surface area contributed by atoms with Gasteiger partial charge in [0.1, 0.15) is 17.6 Å². The Morgan fingerprint density at radius 3 is 2.73 bits per heavy atom. The Bertz CT molecular complexity index is 686. The fraction of sp³-hybridized carbons (Fsp3) is 0.529. The van der Waals surface area contributed by atoms with E-state index in [4.69, 9.17) is 9.15 Å². The van der Waals surface area contributed by atoms with E-state index in [1.54, 1.807) is 13.0 Å². The van der Waals surface area contributed by atoms with Gasteiger partial charge in [0, 0.05) is 12.0 Å². The summed E-state index contributed by atoms with van der Waals surface area (Å²) in [6, 6.07) is 3.05. The molecule has 1 aromatic rings. The Morgan fingerprint density at radius 1 is 1.27 bits per heavy atom. The largest absolute Gasteiger partial charge is 0.486 e. The number of nitrogens with zero attached hydrogens (tertiary/aromatic N) is 1. The molecule has 1 aromatic heterocycles. The molecule has 0 radical (unpaired) electrons. The summed E-state index contributed by atoms with van der Waals surface area (Å²) in [7, 11) is 0. The normalized spacial score (nSPS) is 29.7. The van der Waals surface area contributed by atoms with Crippen molar-refractivity contribution in [2.24, 2.45) is 17.8 Å². The lowest BCUT2D eigenvalue weighted by atomic mass is 9.91. The molecule has 116 valence electrons. The fourth-order valence-corrected chi connectivity index (χ4v) is 3.83. The maximum atomic E-state index is 12.5. The highest BCUT2D eigenvalue weighted by atomic mass is 16.5. The molecule has 2 heterocycles. The van der Waals surface area contributed by atoms with Crippen LogP contribution in [0, 0.1) is 24.7 Å². The van der Waals surface area contributed by atoms with Crippen molar-refractivity contribution in [3.8, 4) is 5.75 Å². The molecule has 2 bridgehead atoms. The topological polar surface area (TPSA) is 59.8 Å². The Hall–Kier alpha value is -2.04. The van der Waals surface area contributed by atoms with Gasteiger partial charge < -0.3 is 14.1 Å². The van der Waals surface area contributed by atoms with Crippen LogP contribution in [0.3, 0.4) is 0 Å². The Kier molecular flexibility index (Phi) is 3.10. The van der Waals surface area contributed by atoms with Crippen molar-refractivity contribution >= 4 is 5.91 Å². The van der Waals surface area contributed by atoms with Crippen LogP contribution in [0.25, 0.3) is 0 Å². The molecule has 1 amide bonds. The number of carbonyl (C=O) groups excluding carboxylic acids is 1. The minimum atomic E-state index is -0.406. The Morgan fingerprint density at radius 2 is 2.09 bits per heavy atom. The first-order valence-corrected chi connectivity index (χ1v) is 7.84. The third-order valence-electron chi connectivity index (χ3n) is 4.93. The second kappa shape index (κ2) is 5.00. The number of hydrogen-bond donors (Lipinski definition) is 0. The summed E-state index contributed by atoms with van der Waals surface area (Å²) in [6.07, 6.45) is 6.57. The van der Waals surface area contributed by atoms with E-state index in [-0.39, 0.29) is 17.9 Å². The molecular weight excluding hydrogens is 282 g/mol. The number of carbonyl (C=O) groups is 1. The van der Waals surface area contributed by atoms with Crippen LogP contribution in [-0.2, 0) is 4.79 Å². The first-order valence-electron chi connectivity index (χ1n) is 7.84. The second-order valence-corrected chi connectivity index (χ2v) is 6.59. The zero-order valence-corrected chi connectivity index (χ0v) is 12.5. The van der Waals surface area contributed by atoms with Crippen LogP contribution in [0.2, 0.25) is 0 Å². The number of rotatable bonds is 3. The van der Waals surface area contributed by atoms with Crippen LogP contribution in [-0.4, -0.2) is 30.0 Å². The monoisotopic (exact) mass is 301 g/mol. The fourth-order valence-electron chi connectivity index (χ4n) is 3.83. The smallest absolute Gasteiger partial charge is 0.339 e. The van der Waals surface area contributed by atoms with Gasteiger partial charge in [-0.3, -0.25) is 4.79 Å². The van der Waals surface area contributed by atoms with E-state index in [1.165, 1.54) is 6.07 Å². The highest BCUT2D eigenvalue weighted by Gasteiger charge is 2.44. The maximum absolute atomic E-state index is 12.5. The molecule has 3 aliphatic rings. The molecule has 3 atom stereocenters. The van der Waals surface area contributed by atoms with Gasteiger partial charge in [0.25, 0.3) is 0 Å². The minimum absolute atomic E-state index is 0.0284. The van der Waals surface area contributed by atoms with Gasteiger partial charge in [0.05, 0.1) is 19.2 Å². The van der Waals surface area contributed by atoms with Gasteiger partial charge >= 0.3 is 5.63 Å². The van der Waals surface area contributed by atoms with Gasteiger partial charge in [-0.15, -0.1) is 0 Å². The molecule has 1 saturated heterocycles. The molecule has 22 heavy (non-hydrogen) atoms. The molecule has 2 fully saturated rings. The van der Waals surface area contributed by atoms with E-state index in [0.717, 1.165) is 12.8 Å². The SMILES string of the molecule is Cc1cc(OC2CN(C(=O)C3CC4C=CC3C4)C2)cc(=O)o1. The number of fused-ring (bicyclic) bond motifs is 2. The van der Waals surface area contributed by atoms with E-state index in [9.17, 15) is 9.59 Å². The van der Waals surface area contributed by atoms with Crippen molar-refractivity contribution in [2.75, 3.05) is 13.1 Å². The van der Waals surface area contributed by atoms with E-state index < -0.39 is 5.63 Å². The average molecular weight is 301 g/mol. The number of amides is 1. The van der Waals surface area contributed by atoms with E-state index in [0.29, 0.717) is 36.4 Å². The zero-order chi connectivity index (χ0) is 15.3. The van der Waals surface area contributed by atoms with Crippen molar-refractivity contribution < 1.29 is 13.9 Å². The lowest BCUT2D eigenvalue weighted by Crippen LogP contribution is -2.58. The highest BCUT2D eigenvalue weighted by molar-refractivity contribution is 5.81. The molecule has 1 aliphatic heterocycles. The van der Waals surface area contributed by atoms with Gasteiger partial charge in [-0.1, -0.05) is 12.2 Å². The first-order chi connectivity index (χ1) is 10.6. The van der Waals surface area contributed by atoms with Crippen LogP contribution in [0.15, 0.2) is 33.5 Å². The second-order valence-electron chi connectivity index (χ2n) is 6.59. The van der Waals surface area contributed by atoms with E-state index in [2.05, 4.69) is 12.2 Å². The molecule has 1 saturated carbocycles. The standard InChI is InChI=1S/C17H19NO4/c1-10-4-13(7-16(19)21-10)22-14-8-18(9-14)17(20)15-6-11-2-3-12(15)5-11/h2-4,7,11-12,14-15H,5-6,8-9H2,1H3. The number of hydrogen-bond acceptors (Lipinski definition) is 4. The molecule has 3 unspecified atom stereocenters. The minimum Gasteiger partial charge on any atom is -0.486 e. The summed E-state index contributed by atoms with van der Waals surface area (Å²) in [5.41, 5.74) is -0.406. The van der Waals surface area contributed by atoms with Crippen molar-refractivity contribution in [3.63, 3.8) is 0 Å². The first kappa shape index (κ1) is 13.6. The van der Waals surface area contributed by atoms with Crippen molar-refractivity contribution in [2.45, 2.75) is 25.9 Å². The molecule has 0 N–H and O–H groups in total. The third-order valence-corrected chi connectivity index (χ3v) is 4.93. The van der Waals surface area contributed by atoms with Crippen molar-refractivity contribution in [1.82, 2.24) is 4.90 Å². The number of aryl methyl sites for hydroxylation is 1. The summed E-state index contributed by atoms with van der Waals surface area (Å²) in [5.74, 6) is 2.54. The molecular formula is C17H19NO4. The lowest BCUT2D eigenvalue weighted by Gasteiger charge is -2.41. The number of ether oxygens (including phenoxy) is 1. The van der Waals surface area contributed by atoms with E-state index in [1.807, 2.05) is 4.90 Å². The van der Waals surface area contributed by atoms with Crippen LogP contribution in [0.1, 0.15) is 18.6 Å². The summed E-state index contributed by atoms with van der Waals surface area (Å²) < 4.78 is 10.6. The summed E-state index contributed by atoms with van der Waals surface area (Å²) in [4.78, 5) is 25.7. The molecule has 2 aliphatic carbocycles. The van der Waals surface area contributed by atoms with Crippen LogP contribution < -0.4 is 10.4 Å².